The van der Waals surface area contributed by atoms with Crippen LogP contribution in [0.25, 0.3) is 10.9 Å². The van der Waals surface area contributed by atoms with E-state index in [1.165, 1.54) is 0 Å². The van der Waals surface area contributed by atoms with E-state index in [2.05, 4.69) is 9.88 Å². The summed E-state index contributed by atoms with van der Waals surface area (Å²) in [4.78, 5) is 11.8. The third-order valence-corrected chi connectivity index (χ3v) is 3.76. The van der Waals surface area contributed by atoms with Gasteiger partial charge in [0.15, 0.2) is 5.43 Å². The van der Waals surface area contributed by atoms with Crippen molar-refractivity contribution < 1.29 is 0 Å². The molecule has 3 aromatic rings. The van der Waals surface area contributed by atoms with Gasteiger partial charge in [0.25, 0.3) is 0 Å². The Morgan fingerprint density at radius 2 is 1.76 bits per heavy atom. The molecule has 106 valence electrons. The van der Waals surface area contributed by atoms with E-state index in [0.717, 1.165) is 29.7 Å². The monoisotopic (exact) mass is 298 g/mol. The summed E-state index contributed by atoms with van der Waals surface area (Å²) < 4.78 is 2.07. The van der Waals surface area contributed by atoms with E-state index in [1.807, 2.05) is 54.7 Å². The van der Waals surface area contributed by atoms with E-state index in [1.54, 1.807) is 6.07 Å². The maximum Gasteiger partial charge on any atom is 0.189 e. The van der Waals surface area contributed by atoms with Gasteiger partial charge in [0.2, 0.25) is 0 Å². The number of rotatable bonds is 4. The van der Waals surface area contributed by atoms with Crippen molar-refractivity contribution in [2.45, 2.75) is 6.54 Å². The first-order valence-corrected chi connectivity index (χ1v) is 7.20. The van der Waals surface area contributed by atoms with Crippen LogP contribution in [0.15, 0.2) is 65.6 Å². The van der Waals surface area contributed by atoms with Crippen LogP contribution in [-0.4, -0.2) is 11.1 Å². The van der Waals surface area contributed by atoms with Gasteiger partial charge >= 0.3 is 0 Å². The molecule has 0 radical (unpaired) electrons. The highest BCUT2D eigenvalue weighted by Crippen LogP contribution is 2.20. The number of aromatic nitrogens is 1. The minimum absolute atomic E-state index is 0.0564. The van der Waals surface area contributed by atoms with Crippen molar-refractivity contribution >= 4 is 28.2 Å². The van der Waals surface area contributed by atoms with E-state index in [9.17, 15) is 4.79 Å². The second-order valence-corrected chi connectivity index (χ2v) is 5.20. The minimum atomic E-state index is 0.0564. The molecular formula is C17H15ClN2O. The maximum absolute atomic E-state index is 11.8. The number of nitrogens with one attached hydrogen (secondary N) is 1. The number of hydrogen-bond donors (Lipinski definition) is 1. The number of anilines is 1. The second-order valence-electron chi connectivity index (χ2n) is 4.80. The van der Waals surface area contributed by atoms with E-state index < -0.39 is 0 Å². The number of halogens is 1. The first-order chi connectivity index (χ1) is 10.3. The molecule has 0 saturated carbocycles. The largest absolute Gasteiger partial charge is 0.382 e. The summed E-state index contributed by atoms with van der Waals surface area (Å²) >= 11 is 6.11. The molecule has 0 bridgehead atoms. The topological polar surface area (TPSA) is 34.0 Å². The van der Waals surface area contributed by atoms with Crippen LogP contribution in [0.4, 0.5) is 5.69 Å². The molecule has 0 amide bonds. The van der Waals surface area contributed by atoms with Crippen molar-refractivity contribution in [2.75, 3.05) is 11.9 Å². The molecule has 3 nitrogen and oxygen atoms in total. The quantitative estimate of drug-likeness (QED) is 0.795. The molecule has 2 aromatic carbocycles. The predicted octanol–water partition coefficient (Wildman–Crippen LogP) is 3.77. The van der Waals surface area contributed by atoms with Gasteiger partial charge < -0.3 is 9.88 Å². The van der Waals surface area contributed by atoms with E-state index >= 15 is 0 Å². The molecule has 3 rings (SSSR count). The zero-order chi connectivity index (χ0) is 14.7. The molecule has 0 unspecified atom stereocenters. The molecule has 0 aliphatic carbocycles. The van der Waals surface area contributed by atoms with Crippen molar-refractivity contribution in [3.05, 3.63) is 76.0 Å². The van der Waals surface area contributed by atoms with Crippen LogP contribution in [0.5, 0.6) is 0 Å². The van der Waals surface area contributed by atoms with Gasteiger partial charge in [-0.25, -0.2) is 0 Å². The third-order valence-electron chi connectivity index (χ3n) is 3.43. The first kappa shape index (κ1) is 13.7. The Kier molecular flexibility index (Phi) is 3.93. The van der Waals surface area contributed by atoms with Crippen molar-refractivity contribution in [1.82, 2.24) is 4.57 Å². The van der Waals surface area contributed by atoms with Gasteiger partial charge in [-0.1, -0.05) is 35.9 Å². The SMILES string of the molecule is O=c1ccn(CCNc2ccccc2Cl)c2ccccc12. The lowest BCUT2D eigenvalue weighted by Crippen LogP contribution is -2.14. The normalized spacial score (nSPS) is 10.7. The Labute approximate surface area is 127 Å². The van der Waals surface area contributed by atoms with Gasteiger partial charge in [-0.2, -0.15) is 0 Å². The molecule has 1 heterocycles. The fourth-order valence-electron chi connectivity index (χ4n) is 2.37. The molecule has 1 aromatic heterocycles. The number of nitrogens with zero attached hydrogens (tertiary/aromatic N) is 1. The highest BCUT2D eigenvalue weighted by atomic mass is 35.5. The van der Waals surface area contributed by atoms with E-state index in [0.29, 0.717) is 5.02 Å². The Morgan fingerprint density at radius 1 is 1.00 bits per heavy atom. The number of benzene rings is 2. The lowest BCUT2D eigenvalue weighted by molar-refractivity contribution is 0.749. The molecular weight excluding hydrogens is 284 g/mol. The highest BCUT2D eigenvalue weighted by Gasteiger charge is 2.02. The summed E-state index contributed by atoms with van der Waals surface area (Å²) in [7, 11) is 0. The summed E-state index contributed by atoms with van der Waals surface area (Å²) in [6.45, 7) is 1.49. The average molecular weight is 299 g/mol. The Bertz CT molecular complexity index is 826. The summed E-state index contributed by atoms with van der Waals surface area (Å²) in [5, 5.41) is 4.77. The van der Waals surface area contributed by atoms with E-state index in [-0.39, 0.29) is 5.43 Å². The first-order valence-electron chi connectivity index (χ1n) is 6.82. The molecule has 4 heteroatoms. The van der Waals surface area contributed by atoms with Crippen molar-refractivity contribution in [3.8, 4) is 0 Å². The van der Waals surface area contributed by atoms with Gasteiger partial charge in [0.1, 0.15) is 0 Å². The summed E-state index contributed by atoms with van der Waals surface area (Å²) in [6.07, 6.45) is 1.83. The van der Waals surface area contributed by atoms with Gasteiger partial charge in [0.05, 0.1) is 16.2 Å². The number of para-hydroxylation sites is 2. The Balaban J connectivity index is 1.79. The van der Waals surface area contributed by atoms with Crippen LogP contribution < -0.4 is 10.7 Å². The summed E-state index contributed by atoms with van der Waals surface area (Å²) in [6, 6.07) is 16.9. The minimum Gasteiger partial charge on any atom is -0.382 e. The molecule has 0 spiro atoms. The smallest absolute Gasteiger partial charge is 0.189 e. The highest BCUT2D eigenvalue weighted by molar-refractivity contribution is 6.33. The molecule has 0 fully saturated rings. The van der Waals surface area contributed by atoms with Crippen LogP contribution in [0, 0.1) is 0 Å². The molecule has 0 atom stereocenters. The standard InChI is InChI=1S/C17H15ClN2O/c18-14-6-2-3-7-15(14)19-10-12-20-11-9-17(21)13-5-1-4-8-16(13)20/h1-9,11,19H,10,12H2. The molecule has 1 N–H and O–H groups in total. The van der Waals surface area contributed by atoms with Crippen molar-refractivity contribution in [2.24, 2.45) is 0 Å². The fraction of sp³-hybridized carbons (Fsp3) is 0.118. The van der Waals surface area contributed by atoms with Gasteiger partial charge in [-0.3, -0.25) is 4.79 Å². The summed E-state index contributed by atoms with van der Waals surface area (Å²) in [5.41, 5.74) is 1.93. The number of pyridine rings is 1. The lowest BCUT2D eigenvalue weighted by atomic mass is 10.2. The maximum atomic E-state index is 11.8. The Morgan fingerprint density at radius 3 is 2.62 bits per heavy atom. The third kappa shape index (κ3) is 2.93. The second kappa shape index (κ2) is 6.02. The number of fused-ring (bicyclic) bond motifs is 1. The molecule has 21 heavy (non-hydrogen) atoms. The zero-order valence-electron chi connectivity index (χ0n) is 11.4. The molecule has 0 saturated heterocycles. The van der Waals surface area contributed by atoms with E-state index in [4.69, 9.17) is 11.6 Å². The predicted molar refractivity (Wildman–Crippen MR) is 88.1 cm³/mol. The van der Waals surface area contributed by atoms with Crippen LogP contribution >= 0.6 is 11.6 Å². The van der Waals surface area contributed by atoms with Crippen LogP contribution in [0.2, 0.25) is 5.02 Å². The van der Waals surface area contributed by atoms with Crippen molar-refractivity contribution in [1.29, 1.82) is 0 Å². The summed E-state index contributed by atoms with van der Waals surface area (Å²) in [5.74, 6) is 0. The van der Waals surface area contributed by atoms with Gasteiger partial charge in [0, 0.05) is 30.7 Å². The Hall–Kier alpha value is -2.26. The van der Waals surface area contributed by atoms with Crippen molar-refractivity contribution in [3.63, 3.8) is 0 Å². The van der Waals surface area contributed by atoms with Crippen LogP contribution in [0.1, 0.15) is 0 Å². The lowest BCUT2D eigenvalue weighted by Gasteiger charge is -2.12. The van der Waals surface area contributed by atoms with Crippen LogP contribution in [-0.2, 0) is 6.54 Å². The average Bonchev–Trinajstić information content (AvgIpc) is 2.52. The fourth-order valence-corrected chi connectivity index (χ4v) is 2.57. The van der Waals surface area contributed by atoms with Gasteiger partial charge in [-0.15, -0.1) is 0 Å². The molecule has 0 aliphatic rings. The van der Waals surface area contributed by atoms with Gasteiger partial charge in [-0.05, 0) is 24.3 Å². The molecule has 0 aliphatic heterocycles. The zero-order valence-corrected chi connectivity index (χ0v) is 12.2. The number of hydrogen-bond acceptors (Lipinski definition) is 2. The van der Waals surface area contributed by atoms with Crippen LogP contribution in [0.3, 0.4) is 0 Å².